The molecule has 0 spiro atoms. The van der Waals surface area contributed by atoms with Gasteiger partial charge in [0.2, 0.25) is 5.91 Å². The molecule has 2 N–H and O–H groups in total. The van der Waals surface area contributed by atoms with Gasteiger partial charge in [-0.15, -0.1) is 0 Å². The van der Waals surface area contributed by atoms with Crippen LogP contribution in [0.3, 0.4) is 0 Å². The van der Waals surface area contributed by atoms with E-state index in [4.69, 9.17) is 0 Å². The number of para-hydroxylation sites is 1. The second-order valence-corrected chi connectivity index (χ2v) is 8.44. The lowest BCUT2D eigenvalue weighted by molar-refractivity contribution is -0.116. The molecule has 3 aromatic carbocycles. The van der Waals surface area contributed by atoms with Crippen molar-refractivity contribution in [3.63, 3.8) is 0 Å². The van der Waals surface area contributed by atoms with Gasteiger partial charge >= 0.3 is 0 Å². The first kappa shape index (κ1) is 20.4. The minimum absolute atomic E-state index is 0.0229. The minimum atomic E-state index is -3.83. The van der Waals surface area contributed by atoms with Crippen molar-refractivity contribution in [3.8, 4) is 5.75 Å². The Kier molecular flexibility index (Phi) is 6.19. The molecule has 0 radical (unpaired) electrons. The highest BCUT2D eigenvalue weighted by Gasteiger charge is 2.25. The fourth-order valence-corrected chi connectivity index (χ4v) is 4.30. The summed E-state index contributed by atoms with van der Waals surface area (Å²) < 4.78 is 27.7. The Morgan fingerprint density at radius 1 is 0.966 bits per heavy atom. The van der Waals surface area contributed by atoms with E-state index in [0.29, 0.717) is 11.4 Å². The maximum atomic E-state index is 13.2. The van der Waals surface area contributed by atoms with E-state index >= 15 is 0 Å². The summed E-state index contributed by atoms with van der Waals surface area (Å²) in [6, 6.07) is 21.5. The monoisotopic (exact) mass is 410 g/mol. The maximum Gasteiger partial charge on any atom is 0.264 e. The number of phenols is 1. The highest BCUT2D eigenvalue weighted by atomic mass is 32.2. The van der Waals surface area contributed by atoms with Gasteiger partial charge in [-0.05, 0) is 43.3 Å². The number of phenolic OH excluding ortho intramolecular Hbond substituents is 1. The first-order valence-electron chi connectivity index (χ1n) is 9.09. The molecular weight excluding hydrogens is 388 g/mol. The molecule has 0 atom stereocenters. The number of benzene rings is 3. The van der Waals surface area contributed by atoms with Gasteiger partial charge in [-0.3, -0.25) is 9.10 Å². The van der Waals surface area contributed by atoms with Gasteiger partial charge in [-0.25, -0.2) is 8.42 Å². The van der Waals surface area contributed by atoms with Crippen molar-refractivity contribution < 1.29 is 18.3 Å². The molecule has 3 aromatic rings. The quantitative estimate of drug-likeness (QED) is 0.618. The zero-order chi connectivity index (χ0) is 20.9. The summed E-state index contributed by atoms with van der Waals surface area (Å²) in [7, 11) is -3.83. The summed E-state index contributed by atoms with van der Waals surface area (Å²) in [5.74, 6) is -0.314. The summed E-state index contributed by atoms with van der Waals surface area (Å²) in [5.41, 5.74) is 1.89. The zero-order valence-corrected chi connectivity index (χ0v) is 16.8. The van der Waals surface area contributed by atoms with E-state index < -0.39 is 10.0 Å². The molecule has 1 amide bonds. The van der Waals surface area contributed by atoms with E-state index in [9.17, 15) is 18.3 Å². The number of amides is 1. The maximum absolute atomic E-state index is 13.2. The lowest BCUT2D eigenvalue weighted by Gasteiger charge is -2.24. The number of aryl methyl sites for hydroxylation is 1. The lowest BCUT2D eigenvalue weighted by atomic mass is 10.2. The molecule has 0 bridgehead atoms. The van der Waals surface area contributed by atoms with Crippen LogP contribution in [-0.2, 0) is 14.8 Å². The van der Waals surface area contributed by atoms with Crippen LogP contribution in [0.25, 0.3) is 0 Å². The number of carbonyl (C=O) groups excluding carboxylic acids is 1. The number of hydrogen-bond acceptors (Lipinski definition) is 4. The third-order valence-electron chi connectivity index (χ3n) is 4.33. The molecule has 0 aliphatic rings. The molecular formula is C22H22N2O4S. The van der Waals surface area contributed by atoms with Gasteiger partial charge in [0.05, 0.1) is 10.6 Å². The summed E-state index contributed by atoms with van der Waals surface area (Å²) in [6.45, 7) is 1.86. The van der Waals surface area contributed by atoms with E-state index in [1.165, 1.54) is 16.4 Å². The van der Waals surface area contributed by atoms with Crippen molar-refractivity contribution in [1.29, 1.82) is 0 Å². The van der Waals surface area contributed by atoms with Gasteiger partial charge < -0.3 is 10.4 Å². The fraction of sp³-hybridized carbons (Fsp3) is 0.136. The van der Waals surface area contributed by atoms with Gasteiger partial charge in [-0.2, -0.15) is 0 Å². The van der Waals surface area contributed by atoms with Gasteiger partial charge in [0, 0.05) is 24.7 Å². The van der Waals surface area contributed by atoms with E-state index in [1.54, 1.807) is 66.7 Å². The largest absolute Gasteiger partial charge is 0.508 e. The zero-order valence-electron chi connectivity index (χ0n) is 15.9. The van der Waals surface area contributed by atoms with Crippen LogP contribution in [-0.4, -0.2) is 26.0 Å². The smallest absolute Gasteiger partial charge is 0.264 e. The summed E-state index contributed by atoms with van der Waals surface area (Å²) in [6.07, 6.45) is -0.0460. The second kappa shape index (κ2) is 8.79. The Morgan fingerprint density at radius 2 is 1.66 bits per heavy atom. The Balaban J connectivity index is 1.81. The average Bonchev–Trinajstić information content (AvgIpc) is 2.69. The molecule has 0 saturated heterocycles. The molecule has 0 saturated carbocycles. The van der Waals surface area contributed by atoms with Gasteiger partial charge in [0.15, 0.2) is 0 Å². The highest BCUT2D eigenvalue weighted by molar-refractivity contribution is 7.92. The predicted octanol–water partition coefficient (Wildman–Crippen LogP) is 3.92. The van der Waals surface area contributed by atoms with Crippen molar-refractivity contribution in [2.45, 2.75) is 18.2 Å². The molecule has 0 aliphatic carbocycles. The predicted molar refractivity (Wildman–Crippen MR) is 114 cm³/mol. The van der Waals surface area contributed by atoms with Crippen LogP contribution in [0.15, 0.2) is 83.8 Å². The van der Waals surface area contributed by atoms with E-state index in [0.717, 1.165) is 5.56 Å². The molecule has 6 nitrogen and oxygen atoms in total. The van der Waals surface area contributed by atoms with Gasteiger partial charge in [0.1, 0.15) is 5.75 Å². The Bertz CT molecular complexity index is 1080. The van der Waals surface area contributed by atoms with Crippen LogP contribution >= 0.6 is 0 Å². The van der Waals surface area contributed by atoms with Crippen molar-refractivity contribution in [2.75, 3.05) is 16.2 Å². The average molecular weight is 410 g/mol. The number of rotatable bonds is 7. The first-order valence-corrected chi connectivity index (χ1v) is 10.5. The van der Waals surface area contributed by atoms with Crippen LogP contribution in [0.1, 0.15) is 12.0 Å². The number of nitrogens with zero attached hydrogens (tertiary/aromatic N) is 1. The van der Waals surface area contributed by atoms with E-state index in [-0.39, 0.29) is 29.5 Å². The second-order valence-electron chi connectivity index (χ2n) is 6.57. The number of aromatic hydroxyl groups is 1. The number of nitrogens with one attached hydrogen (secondary N) is 1. The molecule has 29 heavy (non-hydrogen) atoms. The minimum Gasteiger partial charge on any atom is -0.508 e. The van der Waals surface area contributed by atoms with Gasteiger partial charge in [0.25, 0.3) is 10.0 Å². The summed E-state index contributed by atoms with van der Waals surface area (Å²) >= 11 is 0. The van der Waals surface area contributed by atoms with E-state index in [1.807, 2.05) is 6.92 Å². The number of hydrogen-bond donors (Lipinski definition) is 2. The third kappa shape index (κ3) is 5.14. The van der Waals surface area contributed by atoms with Crippen LogP contribution in [0.5, 0.6) is 5.75 Å². The van der Waals surface area contributed by atoms with Crippen molar-refractivity contribution >= 4 is 27.3 Å². The van der Waals surface area contributed by atoms with Gasteiger partial charge in [-0.1, -0.05) is 42.0 Å². The van der Waals surface area contributed by atoms with Crippen molar-refractivity contribution in [1.82, 2.24) is 0 Å². The van der Waals surface area contributed by atoms with Crippen LogP contribution in [0.4, 0.5) is 11.4 Å². The Hall–Kier alpha value is -3.32. The Labute approximate surface area is 170 Å². The summed E-state index contributed by atoms with van der Waals surface area (Å²) in [4.78, 5) is 12.5. The molecule has 0 fully saturated rings. The molecule has 0 aliphatic heterocycles. The number of sulfonamides is 1. The van der Waals surface area contributed by atoms with Crippen molar-refractivity contribution in [2.24, 2.45) is 0 Å². The SMILES string of the molecule is Cc1ccc(S(=O)(=O)N(CCC(=O)Nc2cccc(O)c2)c2ccccc2)cc1. The molecule has 0 unspecified atom stereocenters. The molecule has 0 heterocycles. The lowest BCUT2D eigenvalue weighted by Crippen LogP contribution is -2.34. The number of carbonyl (C=O) groups is 1. The van der Waals surface area contributed by atoms with Crippen LogP contribution in [0, 0.1) is 6.92 Å². The molecule has 0 aromatic heterocycles. The topological polar surface area (TPSA) is 86.7 Å². The Morgan fingerprint density at radius 3 is 2.31 bits per heavy atom. The van der Waals surface area contributed by atoms with Crippen molar-refractivity contribution in [3.05, 3.63) is 84.4 Å². The first-order chi connectivity index (χ1) is 13.9. The van der Waals surface area contributed by atoms with Crippen LogP contribution in [0.2, 0.25) is 0 Å². The molecule has 3 rings (SSSR count). The number of anilines is 2. The van der Waals surface area contributed by atoms with Crippen LogP contribution < -0.4 is 9.62 Å². The highest BCUT2D eigenvalue weighted by Crippen LogP contribution is 2.24. The summed E-state index contributed by atoms with van der Waals surface area (Å²) in [5, 5.41) is 12.2. The fourth-order valence-electron chi connectivity index (χ4n) is 2.83. The standard InChI is InChI=1S/C22H22N2O4S/c1-17-10-12-21(13-11-17)29(27,28)24(19-7-3-2-4-8-19)15-14-22(26)23-18-6-5-9-20(25)16-18/h2-13,16,25H,14-15H2,1H3,(H,23,26). The third-order valence-corrected chi connectivity index (χ3v) is 6.17. The molecule has 7 heteroatoms. The normalized spacial score (nSPS) is 11.1. The molecule has 150 valence electrons. The van der Waals surface area contributed by atoms with E-state index in [2.05, 4.69) is 5.32 Å².